The number of rotatable bonds is 14. The Kier molecular flexibility index (Phi) is 23.4. The third-order valence-electron chi connectivity index (χ3n) is 10.0. The Morgan fingerprint density at radius 2 is 0.656 bits per heavy atom. The normalized spacial score (nSPS) is 11.5. The number of halogens is 1. The van der Waals surface area contributed by atoms with Gasteiger partial charge in [0, 0.05) is 12.1 Å². The minimum atomic E-state index is -0.446. The standard InChI is InChI=1S/C18H27N2O4.2C18H15P.ClH.Pd/c1-11(2)15(9-21)19-17(23)13-6-5-7-14(8-13)18(24)20-16(10-22)12(3)4;2*1-4-10-16(11-5-1)19(17-12-6-2-7-13-17)18-14-8-3-9-15-18;;/h5-7,11-12,15-16,21-22H,9-10H2,1-4H3,(H,19,23)(H,20,24);2*1-15H;1H;/q-1;;;;+2/p-1/t15-,16-;;;;/m1..../s1. The Balaban J connectivity index is 0.000000208. The van der Waals surface area contributed by atoms with Gasteiger partial charge >= 0.3 is 27.7 Å². The van der Waals surface area contributed by atoms with Crippen LogP contribution in [0.5, 0.6) is 0 Å². The topological polar surface area (TPSA) is 98.7 Å². The first-order valence-corrected chi connectivity index (χ1v) is 25.8. The minimum Gasteiger partial charge on any atom is -0.0622 e. The summed E-state index contributed by atoms with van der Waals surface area (Å²) in [5, 5.41) is 32.4. The van der Waals surface area contributed by atoms with E-state index in [0.717, 1.165) is 0 Å². The van der Waals surface area contributed by atoms with Gasteiger partial charge in [0.15, 0.2) is 11.8 Å². The van der Waals surface area contributed by atoms with Crippen molar-refractivity contribution in [2.75, 3.05) is 13.2 Å². The van der Waals surface area contributed by atoms with E-state index in [-0.39, 0.29) is 60.1 Å². The number of hydrogen-bond acceptors (Lipinski definition) is 4. The summed E-state index contributed by atoms with van der Waals surface area (Å²) in [6.45, 7) is 7.28. The SMILES string of the molecule is CC(C)[C@@H](CO)NC(=O)c1[c-]c(C(=O)N[C@H](CO)C(C)C)ccc1.[Cl][Pd+].c1ccc(P(c2ccccc2)c2ccccc2)cc1.c1ccc(P(c2ccccc2)c2ccccc2)cc1. The van der Waals surface area contributed by atoms with Crippen molar-refractivity contribution >= 4 is 69.0 Å². The third-order valence-corrected chi connectivity index (χ3v) is 14.9. The molecular formula is C54H57ClN2O4P2Pd. The summed E-state index contributed by atoms with van der Waals surface area (Å²) in [5.41, 5.74) is 0.457. The Labute approximate surface area is 397 Å². The molecule has 0 fully saturated rings. The van der Waals surface area contributed by atoms with E-state index in [4.69, 9.17) is 0 Å². The van der Waals surface area contributed by atoms with Crippen molar-refractivity contribution in [3.63, 3.8) is 0 Å². The van der Waals surface area contributed by atoms with Gasteiger partial charge in [0.05, 0.1) is 13.2 Å². The molecule has 4 N–H and O–H groups in total. The maximum absolute atomic E-state index is 12.3. The van der Waals surface area contributed by atoms with Gasteiger partial charge in [-0.2, -0.15) is 0 Å². The quantitative estimate of drug-likeness (QED) is 0.0499. The van der Waals surface area contributed by atoms with Crippen molar-refractivity contribution in [1.82, 2.24) is 10.6 Å². The molecule has 7 aromatic carbocycles. The number of aliphatic hydroxyl groups is 2. The largest absolute Gasteiger partial charge is 0.0622 e. The van der Waals surface area contributed by atoms with Crippen molar-refractivity contribution < 1.29 is 38.0 Å². The molecule has 0 saturated heterocycles. The fourth-order valence-corrected chi connectivity index (χ4v) is 11.0. The van der Waals surface area contributed by atoms with Crippen LogP contribution in [0.1, 0.15) is 48.4 Å². The Bertz CT molecular complexity index is 2000. The molecule has 64 heavy (non-hydrogen) atoms. The predicted octanol–water partition coefficient (Wildman–Crippen LogP) is 8.56. The molecule has 0 spiro atoms. The monoisotopic (exact) mass is 1000 g/mol. The van der Waals surface area contributed by atoms with Gasteiger partial charge < -0.3 is 30.4 Å². The third kappa shape index (κ3) is 16.3. The number of carbonyl (C=O) groups is 2. The van der Waals surface area contributed by atoms with Crippen LogP contribution in [-0.2, 0) is 18.2 Å². The Morgan fingerprint density at radius 1 is 0.438 bits per heavy atom. The summed E-state index contributed by atoms with van der Waals surface area (Å²) in [6, 6.07) is 71.5. The van der Waals surface area contributed by atoms with E-state index >= 15 is 0 Å². The van der Waals surface area contributed by atoms with Gasteiger partial charge in [-0.3, -0.25) is 0 Å². The summed E-state index contributed by atoms with van der Waals surface area (Å²) in [6.07, 6.45) is 0. The van der Waals surface area contributed by atoms with Crippen LogP contribution in [0.25, 0.3) is 0 Å². The second-order valence-electron chi connectivity index (χ2n) is 15.2. The maximum atomic E-state index is 12.3. The smallest absolute Gasteiger partial charge is 0.0134 e. The summed E-state index contributed by atoms with van der Waals surface area (Å²) < 4.78 is 0. The number of carbonyl (C=O) groups excluding carboxylic acids is 2. The maximum Gasteiger partial charge on any atom is -0.0134 e. The zero-order chi connectivity index (χ0) is 46.1. The second-order valence-corrected chi connectivity index (χ2v) is 19.6. The van der Waals surface area contributed by atoms with E-state index in [1.807, 2.05) is 27.7 Å². The molecule has 7 aromatic rings. The van der Waals surface area contributed by atoms with E-state index in [1.54, 1.807) is 18.2 Å². The molecule has 0 saturated carbocycles. The van der Waals surface area contributed by atoms with E-state index in [0.29, 0.717) is 0 Å². The summed E-state index contributed by atoms with van der Waals surface area (Å²) >= 11 is 2.22. The molecule has 0 unspecified atom stereocenters. The number of benzene rings is 7. The van der Waals surface area contributed by atoms with Gasteiger partial charge in [0.2, 0.25) is 0 Å². The minimum absolute atomic E-state index is 0.0850. The van der Waals surface area contributed by atoms with Crippen LogP contribution >= 0.6 is 25.4 Å². The molecular weight excluding hydrogens is 944 g/mol. The van der Waals surface area contributed by atoms with Crippen molar-refractivity contribution in [2.24, 2.45) is 11.8 Å². The molecule has 6 nitrogen and oxygen atoms in total. The molecule has 334 valence electrons. The number of nitrogens with one attached hydrogen (secondary N) is 2. The van der Waals surface area contributed by atoms with Crippen molar-refractivity contribution in [3.8, 4) is 0 Å². The summed E-state index contributed by atoms with van der Waals surface area (Å²) in [5.74, 6) is -0.608. The molecule has 2 atom stereocenters. The zero-order valence-electron chi connectivity index (χ0n) is 36.6. The molecule has 0 aliphatic heterocycles. The van der Waals surface area contributed by atoms with Gasteiger partial charge in [-0.05, 0) is 59.5 Å². The molecule has 0 aliphatic carbocycles. The summed E-state index contributed by atoms with van der Waals surface area (Å²) in [4.78, 5) is 24.5. The average molecular weight is 1000 g/mol. The Hall–Kier alpha value is -4.79. The first kappa shape index (κ1) is 51.8. The summed E-state index contributed by atoms with van der Waals surface area (Å²) in [7, 11) is 3.60. The van der Waals surface area contributed by atoms with E-state index in [2.05, 4.69) is 226 Å². The van der Waals surface area contributed by atoms with E-state index in [9.17, 15) is 19.8 Å². The predicted molar refractivity (Wildman–Crippen MR) is 268 cm³/mol. The van der Waals surface area contributed by atoms with Crippen LogP contribution in [-0.4, -0.2) is 47.3 Å². The molecule has 0 heterocycles. The van der Waals surface area contributed by atoms with Gasteiger partial charge in [0.25, 0.3) is 0 Å². The van der Waals surface area contributed by atoms with Gasteiger partial charge in [-0.25, -0.2) is 0 Å². The fourth-order valence-electron chi connectivity index (χ4n) is 6.43. The number of aliphatic hydroxyl groups excluding tert-OH is 2. The fraction of sp³-hybridized carbons (Fsp3) is 0.185. The average Bonchev–Trinajstić information content (AvgIpc) is 3.35. The van der Waals surface area contributed by atoms with Crippen LogP contribution in [0.15, 0.2) is 200 Å². The van der Waals surface area contributed by atoms with Crippen LogP contribution in [0, 0.1) is 17.9 Å². The second kappa shape index (κ2) is 28.9. The molecule has 0 aromatic heterocycles. The van der Waals surface area contributed by atoms with Crippen LogP contribution < -0.4 is 42.5 Å². The zero-order valence-corrected chi connectivity index (χ0v) is 40.7. The van der Waals surface area contributed by atoms with Gasteiger partial charge in [-0.1, -0.05) is 221 Å². The first-order valence-electron chi connectivity index (χ1n) is 21.1. The molecule has 0 radical (unpaired) electrons. The van der Waals surface area contributed by atoms with Gasteiger partial charge in [0.1, 0.15) is 0 Å². The molecule has 2 amide bonds. The van der Waals surface area contributed by atoms with Crippen molar-refractivity contribution in [3.05, 3.63) is 217 Å². The van der Waals surface area contributed by atoms with Crippen LogP contribution in [0.4, 0.5) is 0 Å². The van der Waals surface area contributed by atoms with Crippen molar-refractivity contribution in [1.29, 1.82) is 0 Å². The Morgan fingerprint density at radius 3 is 0.844 bits per heavy atom. The number of amides is 2. The van der Waals surface area contributed by atoms with Gasteiger partial charge in [-0.15, -0.1) is 24.3 Å². The molecule has 10 heteroatoms. The van der Waals surface area contributed by atoms with Crippen LogP contribution in [0.3, 0.4) is 0 Å². The molecule has 7 rings (SSSR count). The van der Waals surface area contributed by atoms with E-state index in [1.165, 1.54) is 31.8 Å². The molecule has 0 aliphatic rings. The van der Waals surface area contributed by atoms with E-state index < -0.39 is 15.8 Å². The number of hydrogen-bond donors (Lipinski definition) is 4. The van der Waals surface area contributed by atoms with Crippen LogP contribution in [0.2, 0.25) is 0 Å². The van der Waals surface area contributed by atoms with Crippen molar-refractivity contribution in [2.45, 2.75) is 39.8 Å². The molecule has 0 bridgehead atoms. The first-order chi connectivity index (χ1) is 31.2.